The van der Waals surface area contributed by atoms with Crippen LogP contribution in [0.3, 0.4) is 0 Å². The van der Waals surface area contributed by atoms with Crippen molar-refractivity contribution >= 4 is 11.9 Å². The van der Waals surface area contributed by atoms with Crippen molar-refractivity contribution in [1.82, 2.24) is 4.90 Å². The Balaban J connectivity index is 2.82. The van der Waals surface area contributed by atoms with E-state index in [1.165, 1.54) is 11.8 Å². The average molecular weight is 232 g/mol. The Morgan fingerprint density at radius 2 is 2.18 bits per heavy atom. The van der Waals surface area contributed by atoms with Gasteiger partial charge in [-0.25, -0.2) is 0 Å². The summed E-state index contributed by atoms with van der Waals surface area (Å²) in [6.45, 7) is 1.17. The zero-order chi connectivity index (χ0) is 12.8. The molecule has 0 aliphatic heterocycles. The molecule has 0 unspecified atom stereocenters. The predicted molar refractivity (Wildman–Crippen MR) is 59.9 cm³/mol. The largest absolute Gasteiger partial charge is 0.480 e. The number of hydrogen-bond donors (Lipinski definition) is 1. The lowest BCUT2D eigenvalue weighted by atomic mass is 10.1. The first-order valence-corrected chi connectivity index (χ1v) is 4.99. The van der Waals surface area contributed by atoms with Gasteiger partial charge in [-0.3, -0.25) is 9.59 Å². The maximum atomic E-state index is 11.2. The Bertz CT molecular complexity index is 477. The second kappa shape index (κ2) is 5.66. The molecule has 0 saturated heterocycles. The van der Waals surface area contributed by atoms with Crippen molar-refractivity contribution in [3.63, 3.8) is 0 Å². The molecule has 0 saturated carbocycles. The van der Waals surface area contributed by atoms with E-state index in [4.69, 9.17) is 10.4 Å². The summed E-state index contributed by atoms with van der Waals surface area (Å²) < 4.78 is 0. The fourth-order valence-corrected chi connectivity index (χ4v) is 1.40. The van der Waals surface area contributed by atoms with Crippen molar-refractivity contribution < 1.29 is 14.7 Å². The summed E-state index contributed by atoms with van der Waals surface area (Å²) in [4.78, 5) is 23.0. The van der Waals surface area contributed by atoms with Crippen LogP contribution in [0.4, 0.5) is 0 Å². The smallest absolute Gasteiger partial charge is 0.323 e. The van der Waals surface area contributed by atoms with Crippen LogP contribution < -0.4 is 0 Å². The van der Waals surface area contributed by atoms with Gasteiger partial charge in [0.2, 0.25) is 5.91 Å². The van der Waals surface area contributed by atoms with Crippen LogP contribution in [-0.2, 0) is 16.1 Å². The highest BCUT2D eigenvalue weighted by Gasteiger charge is 2.13. The lowest BCUT2D eigenvalue weighted by Crippen LogP contribution is -2.33. The molecule has 0 radical (unpaired) electrons. The van der Waals surface area contributed by atoms with Crippen molar-refractivity contribution in [3.05, 3.63) is 35.4 Å². The molecule has 0 aromatic heterocycles. The molecular weight excluding hydrogens is 220 g/mol. The van der Waals surface area contributed by atoms with Crippen LogP contribution in [0.1, 0.15) is 18.1 Å². The van der Waals surface area contributed by atoms with Crippen molar-refractivity contribution in [3.8, 4) is 6.07 Å². The summed E-state index contributed by atoms with van der Waals surface area (Å²) in [5.41, 5.74) is 1.22. The number of carboxylic acid groups (broad SMARTS) is 1. The fourth-order valence-electron chi connectivity index (χ4n) is 1.40. The van der Waals surface area contributed by atoms with Crippen LogP contribution in [0.5, 0.6) is 0 Å². The normalized spacial score (nSPS) is 9.41. The third-order valence-electron chi connectivity index (χ3n) is 2.20. The summed E-state index contributed by atoms with van der Waals surface area (Å²) >= 11 is 0. The maximum Gasteiger partial charge on any atom is 0.323 e. The first kappa shape index (κ1) is 12.7. The first-order valence-electron chi connectivity index (χ1n) is 4.99. The third kappa shape index (κ3) is 3.95. The Labute approximate surface area is 98.9 Å². The molecule has 0 atom stereocenters. The van der Waals surface area contributed by atoms with Crippen molar-refractivity contribution in [2.75, 3.05) is 6.54 Å². The lowest BCUT2D eigenvalue weighted by molar-refractivity contribution is -0.144. The Morgan fingerprint density at radius 1 is 1.47 bits per heavy atom. The molecule has 1 aromatic rings. The number of carbonyl (C=O) groups excluding carboxylic acids is 1. The Hall–Kier alpha value is -2.35. The second-order valence-corrected chi connectivity index (χ2v) is 3.58. The van der Waals surface area contributed by atoms with Crippen LogP contribution in [-0.4, -0.2) is 28.4 Å². The van der Waals surface area contributed by atoms with E-state index in [1.807, 2.05) is 6.07 Å². The van der Waals surface area contributed by atoms with Crippen molar-refractivity contribution in [1.29, 1.82) is 5.26 Å². The highest BCUT2D eigenvalue weighted by molar-refractivity contribution is 5.79. The molecule has 5 nitrogen and oxygen atoms in total. The van der Waals surface area contributed by atoms with Gasteiger partial charge in [-0.15, -0.1) is 0 Å². The number of carbonyl (C=O) groups is 2. The minimum atomic E-state index is -1.06. The van der Waals surface area contributed by atoms with E-state index in [9.17, 15) is 9.59 Å². The Morgan fingerprint density at radius 3 is 2.71 bits per heavy atom. The number of nitriles is 1. The van der Waals surface area contributed by atoms with E-state index in [1.54, 1.807) is 24.3 Å². The molecule has 17 heavy (non-hydrogen) atoms. The van der Waals surface area contributed by atoms with Crippen molar-refractivity contribution in [2.24, 2.45) is 0 Å². The summed E-state index contributed by atoms with van der Waals surface area (Å²) in [6, 6.07) is 8.73. The molecule has 0 bridgehead atoms. The van der Waals surface area contributed by atoms with E-state index in [0.717, 1.165) is 5.56 Å². The molecular formula is C12H12N2O3. The van der Waals surface area contributed by atoms with E-state index < -0.39 is 5.97 Å². The second-order valence-electron chi connectivity index (χ2n) is 3.58. The van der Waals surface area contributed by atoms with E-state index in [2.05, 4.69) is 0 Å². The molecule has 0 heterocycles. The van der Waals surface area contributed by atoms with Gasteiger partial charge in [-0.05, 0) is 17.7 Å². The zero-order valence-electron chi connectivity index (χ0n) is 9.38. The van der Waals surface area contributed by atoms with Gasteiger partial charge < -0.3 is 10.0 Å². The molecule has 1 N–H and O–H groups in total. The fraction of sp³-hybridized carbons (Fsp3) is 0.250. The number of hydrogen-bond acceptors (Lipinski definition) is 3. The molecule has 0 aliphatic carbocycles. The highest BCUT2D eigenvalue weighted by Crippen LogP contribution is 2.08. The molecule has 5 heteroatoms. The van der Waals surface area contributed by atoms with Gasteiger partial charge in [0.05, 0.1) is 11.6 Å². The molecule has 1 aromatic carbocycles. The number of amides is 1. The molecule has 0 fully saturated rings. The minimum Gasteiger partial charge on any atom is -0.480 e. The standard InChI is InChI=1S/C12H12N2O3/c1-9(15)14(8-12(16)17)7-11-4-2-3-10(5-11)6-13/h2-5H,7-8H2,1H3,(H,16,17). The van der Waals surface area contributed by atoms with Gasteiger partial charge in [-0.1, -0.05) is 12.1 Å². The molecule has 88 valence electrons. The van der Waals surface area contributed by atoms with Crippen LogP contribution in [0.25, 0.3) is 0 Å². The number of carboxylic acids is 1. The van der Waals surface area contributed by atoms with E-state index >= 15 is 0 Å². The van der Waals surface area contributed by atoms with Crippen LogP contribution >= 0.6 is 0 Å². The van der Waals surface area contributed by atoms with Gasteiger partial charge in [0.25, 0.3) is 0 Å². The summed E-state index contributed by atoms with van der Waals surface area (Å²) in [5, 5.41) is 17.4. The molecule has 0 aliphatic rings. The molecule has 1 amide bonds. The van der Waals surface area contributed by atoms with Crippen LogP contribution in [0.15, 0.2) is 24.3 Å². The lowest BCUT2D eigenvalue weighted by Gasteiger charge is -2.18. The SMILES string of the molecule is CC(=O)N(CC(=O)O)Cc1cccc(C#N)c1. The molecule has 1 rings (SSSR count). The monoisotopic (exact) mass is 232 g/mol. The maximum absolute atomic E-state index is 11.2. The van der Waals surface area contributed by atoms with Gasteiger partial charge >= 0.3 is 5.97 Å². The number of nitrogens with zero attached hydrogens (tertiary/aromatic N) is 2. The number of aliphatic carboxylic acids is 1. The average Bonchev–Trinajstić information content (AvgIpc) is 2.27. The third-order valence-corrected chi connectivity index (χ3v) is 2.20. The van der Waals surface area contributed by atoms with Gasteiger partial charge in [-0.2, -0.15) is 5.26 Å². The topological polar surface area (TPSA) is 81.4 Å². The molecule has 0 spiro atoms. The van der Waals surface area contributed by atoms with Gasteiger partial charge in [0, 0.05) is 13.5 Å². The highest BCUT2D eigenvalue weighted by atomic mass is 16.4. The summed E-state index contributed by atoms with van der Waals surface area (Å²) in [6.07, 6.45) is 0. The zero-order valence-corrected chi connectivity index (χ0v) is 9.38. The first-order chi connectivity index (χ1) is 8.02. The summed E-state index contributed by atoms with van der Waals surface area (Å²) in [5.74, 6) is -1.37. The predicted octanol–water partition coefficient (Wildman–Crippen LogP) is 0.991. The number of rotatable bonds is 4. The summed E-state index contributed by atoms with van der Waals surface area (Å²) in [7, 11) is 0. The minimum absolute atomic E-state index is 0.192. The van der Waals surface area contributed by atoms with Gasteiger partial charge in [0.15, 0.2) is 0 Å². The Kier molecular flexibility index (Phi) is 4.23. The van der Waals surface area contributed by atoms with Crippen LogP contribution in [0.2, 0.25) is 0 Å². The quantitative estimate of drug-likeness (QED) is 0.839. The number of benzene rings is 1. The van der Waals surface area contributed by atoms with E-state index in [-0.39, 0.29) is 19.0 Å². The van der Waals surface area contributed by atoms with Crippen molar-refractivity contribution in [2.45, 2.75) is 13.5 Å². The van der Waals surface area contributed by atoms with E-state index in [0.29, 0.717) is 5.56 Å². The van der Waals surface area contributed by atoms with Gasteiger partial charge in [0.1, 0.15) is 6.54 Å². The van der Waals surface area contributed by atoms with Crippen LogP contribution in [0, 0.1) is 11.3 Å².